The van der Waals surface area contributed by atoms with Gasteiger partial charge in [0.25, 0.3) is 0 Å². The zero-order chi connectivity index (χ0) is 9.97. The Labute approximate surface area is 88.3 Å². The van der Waals surface area contributed by atoms with Crippen molar-refractivity contribution in [1.29, 1.82) is 0 Å². The molecule has 0 aromatic carbocycles. The molecule has 0 amide bonds. The van der Waals surface area contributed by atoms with Crippen molar-refractivity contribution in [3.63, 3.8) is 0 Å². The Morgan fingerprint density at radius 1 is 1.50 bits per heavy atom. The van der Waals surface area contributed by atoms with Gasteiger partial charge in [-0.05, 0) is 25.0 Å². The molecule has 0 unspecified atom stereocenters. The minimum Gasteiger partial charge on any atom is -0.391 e. The summed E-state index contributed by atoms with van der Waals surface area (Å²) < 4.78 is 0. The van der Waals surface area contributed by atoms with Crippen LogP contribution in [0, 0.1) is 0 Å². The van der Waals surface area contributed by atoms with E-state index < -0.39 is 0 Å². The Hall–Kier alpha value is -0.800. The van der Waals surface area contributed by atoms with Gasteiger partial charge in [0.05, 0.1) is 11.1 Å². The third-order valence-electron chi connectivity index (χ3n) is 2.43. The van der Waals surface area contributed by atoms with E-state index in [9.17, 15) is 5.11 Å². The highest BCUT2D eigenvalue weighted by molar-refractivity contribution is 6.30. The van der Waals surface area contributed by atoms with E-state index in [1.54, 1.807) is 6.20 Å². The van der Waals surface area contributed by atoms with Gasteiger partial charge >= 0.3 is 0 Å². The summed E-state index contributed by atoms with van der Waals surface area (Å²) in [7, 11) is 0. The fourth-order valence-corrected chi connectivity index (χ4v) is 1.83. The highest BCUT2D eigenvalue weighted by Crippen LogP contribution is 2.18. The van der Waals surface area contributed by atoms with E-state index in [2.05, 4.69) is 9.88 Å². The Kier molecular flexibility index (Phi) is 2.89. The lowest BCUT2D eigenvalue weighted by Crippen LogP contribution is -2.38. The Morgan fingerprint density at radius 2 is 2.36 bits per heavy atom. The molecule has 1 fully saturated rings. The summed E-state index contributed by atoms with van der Waals surface area (Å²) in [6, 6.07) is 3.71. The first-order valence-corrected chi connectivity index (χ1v) is 5.18. The quantitative estimate of drug-likeness (QED) is 0.770. The molecule has 76 valence electrons. The van der Waals surface area contributed by atoms with E-state index in [0.717, 1.165) is 25.2 Å². The molecule has 0 radical (unpaired) electrons. The topological polar surface area (TPSA) is 36.4 Å². The minimum absolute atomic E-state index is 0.221. The molecule has 1 aromatic heterocycles. The maximum atomic E-state index is 9.50. The minimum atomic E-state index is -0.221. The van der Waals surface area contributed by atoms with Crippen LogP contribution in [0.5, 0.6) is 0 Å². The molecule has 0 aliphatic carbocycles. The molecule has 1 saturated heterocycles. The largest absolute Gasteiger partial charge is 0.391 e. The van der Waals surface area contributed by atoms with Crippen LogP contribution in [0.25, 0.3) is 0 Å². The van der Waals surface area contributed by atoms with Gasteiger partial charge in [-0.15, -0.1) is 0 Å². The van der Waals surface area contributed by atoms with Crippen molar-refractivity contribution in [2.45, 2.75) is 18.9 Å². The molecule has 4 heteroatoms. The summed E-state index contributed by atoms with van der Waals surface area (Å²) in [5.74, 6) is 0.896. The van der Waals surface area contributed by atoms with Gasteiger partial charge in [-0.25, -0.2) is 4.98 Å². The Balaban J connectivity index is 2.10. The van der Waals surface area contributed by atoms with Gasteiger partial charge in [-0.2, -0.15) is 0 Å². The summed E-state index contributed by atoms with van der Waals surface area (Å²) in [4.78, 5) is 6.31. The normalized spacial score (nSPS) is 22.4. The summed E-state index contributed by atoms with van der Waals surface area (Å²) in [5.41, 5.74) is 0. The van der Waals surface area contributed by atoms with E-state index in [1.807, 2.05) is 12.1 Å². The van der Waals surface area contributed by atoms with E-state index in [1.165, 1.54) is 0 Å². The number of piperidine rings is 1. The molecule has 1 aliphatic heterocycles. The first-order valence-electron chi connectivity index (χ1n) is 4.80. The van der Waals surface area contributed by atoms with Crippen LogP contribution in [-0.4, -0.2) is 29.3 Å². The fourth-order valence-electron chi connectivity index (χ4n) is 1.72. The molecule has 14 heavy (non-hydrogen) atoms. The lowest BCUT2D eigenvalue weighted by molar-refractivity contribution is 0.154. The van der Waals surface area contributed by atoms with Gasteiger partial charge in [0, 0.05) is 19.3 Å². The number of β-amino-alcohol motifs (C(OH)–C–C–N with tert-alkyl or cyclic N) is 1. The molecule has 1 aromatic rings. The highest BCUT2D eigenvalue weighted by Gasteiger charge is 2.18. The lowest BCUT2D eigenvalue weighted by atomic mass is 10.1. The van der Waals surface area contributed by atoms with Crippen LogP contribution in [0.4, 0.5) is 5.82 Å². The second kappa shape index (κ2) is 4.15. The van der Waals surface area contributed by atoms with Crippen LogP contribution < -0.4 is 4.90 Å². The first-order chi connectivity index (χ1) is 6.75. The maximum absolute atomic E-state index is 9.50. The van der Waals surface area contributed by atoms with Crippen molar-refractivity contribution in [2.24, 2.45) is 0 Å². The number of halogens is 1. The van der Waals surface area contributed by atoms with Crippen molar-refractivity contribution in [3.8, 4) is 0 Å². The van der Waals surface area contributed by atoms with E-state index >= 15 is 0 Å². The van der Waals surface area contributed by atoms with Crippen molar-refractivity contribution in [1.82, 2.24) is 4.98 Å². The van der Waals surface area contributed by atoms with Gasteiger partial charge in [0.15, 0.2) is 0 Å². The number of aliphatic hydroxyl groups is 1. The van der Waals surface area contributed by atoms with Crippen LogP contribution in [0.2, 0.25) is 5.02 Å². The molecule has 3 nitrogen and oxygen atoms in total. The van der Waals surface area contributed by atoms with Crippen LogP contribution in [0.3, 0.4) is 0 Å². The van der Waals surface area contributed by atoms with Crippen molar-refractivity contribution in [3.05, 3.63) is 23.4 Å². The summed E-state index contributed by atoms with van der Waals surface area (Å²) in [5, 5.41) is 10.1. The number of rotatable bonds is 1. The van der Waals surface area contributed by atoms with Crippen molar-refractivity contribution in [2.75, 3.05) is 18.0 Å². The number of nitrogens with zero attached hydrogens (tertiary/aromatic N) is 2. The third kappa shape index (κ3) is 2.16. The molecule has 1 N–H and O–H groups in total. The Bertz CT molecular complexity index is 301. The smallest absolute Gasteiger partial charge is 0.128 e. The van der Waals surface area contributed by atoms with Gasteiger partial charge < -0.3 is 10.0 Å². The van der Waals surface area contributed by atoms with Crippen molar-refractivity contribution < 1.29 is 5.11 Å². The van der Waals surface area contributed by atoms with Gasteiger partial charge in [-0.3, -0.25) is 0 Å². The zero-order valence-electron chi connectivity index (χ0n) is 7.86. The average Bonchev–Trinajstić information content (AvgIpc) is 2.19. The molecule has 0 spiro atoms. The second-order valence-electron chi connectivity index (χ2n) is 3.58. The molecule has 1 atom stereocenters. The van der Waals surface area contributed by atoms with E-state index in [4.69, 9.17) is 11.6 Å². The maximum Gasteiger partial charge on any atom is 0.128 e. The van der Waals surface area contributed by atoms with Gasteiger partial charge in [0.2, 0.25) is 0 Å². The van der Waals surface area contributed by atoms with Crippen LogP contribution in [0.15, 0.2) is 18.3 Å². The molecular formula is C10H13ClN2O. The van der Waals surface area contributed by atoms with E-state index in [0.29, 0.717) is 11.6 Å². The predicted octanol–water partition coefficient (Wildman–Crippen LogP) is 1.70. The average molecular weight is 213 g/mol. The van der Waals surface area contributed by atoms with Crippen LogP contribution in [0.1, 0.15) is 12.8 Å². The number of anilines is 1. The Morgan fingerprint density at radius 3 is 3.00 bits per heavy atom. The zero-order valence-corrected chi connectivity index (χ0v) is 8.61. The standard InChI is InChI=1S/C10H13ClN2O/c11-8-3-4-10(12-6-8)13-5-1-2-9(14)7-13/h3-4,6,9,14H,1-2,5,7H2/t9-/m0/s1. The fraction of sp³-hybridized carbons (Fsp3) is 0.500. The summed E-state index contributed by atoms with van der Waals surface area (Å²) in [6.07, 6.45) is 3.33. The van der Waals surface area contributed by atoms with E-state index in [-0.39, 0.29) is 6.10 Å². The molecular weight excluding hydrogens is 200 g/mol. The summed E-state index contributed by atoms with van der Waals surface area (Å²) in [6.45, 7) is 1.64. The predicted molar refractivity (Wildman–Crippen MR) is 56.7 cm³/mol. The number of aliphatic hydroxyl groups excluding tert-OH is 1. The highest BCUT2D eigenvalue weighted by atomic mass is 35.5. The number of hydrogen-bond acceptors (Lipinski definition) is 3. The van der Waals surface area contributed by atoms with Gasteiger partial charge in [-0.1, -0.05) is 11.6 Å². The molecule has 2 heterocycles. The van der Waals surface area contributed by atoms with Crippen molar-refractivity contribution >= 4 is 17.4 Å². The lowest BCUT2D eigenvalue weighted by Gasteiger charge is -2.30. The number of aromatic nitrogens is 1. The summed E-state index contributed by atoms with van der Waals surface area (Å²) >= 11 is 5.75. The third-order valence-corrected chi connectivity index (χ3v) is 2.66. The molecule has 2 rings (SSSR count). The number of hydrogen-bond donors (Lipinski definition) is 1. The second-order valence-corrected chi connectivity index (χ2v) is 4.01. The van der Waals surface area contributed by atoms with Gasteiger partial charge in [0.1, 0.15) is 5.82 Å². The molecule has 0 bridgehead atoms. The SMILES string of the molecule is O[C@H]1CCCN(c2ccc(Cl)cn2)C1. The van der Waals surface area contributed by atoms with Crippen LogP contribution >= 0.6 is 11.6 Å². The molecule has 1 aliphatic rings. The first kappa shape index (κ1) is 9.74. The number of pyridine rings is 1. The molecule has 0 saturated carbocycles. The monoisotopic (exact) mass is 212 g/mol. The van der Waals surface area contributed by atoms with Crippen LogP contribution in [-0.2, 0) is 0 Å².